The summed E-state index contributed by atoms with van der Waals surface area (Å²) in [5.74, 6) is 0. The molecule has 0 bridgehead atoms. The molecular formula is C9H18N2OS. The number of rotatable bonds is 3. The molecule has 1 aliphatic heterocycles. The van der Waals surface area contributed by atoms with Gasteiger partial charge in [-0.15, -0.1) is 0 Å². The molecule has 1 amide bonds. The molecule has 0 aliphatic carbocycles. The molecule has 1 heterocycles. The minimum atomic E-state index is 0.0806. The third-order valence-corrected chi connectivity index (χ3v) is 2.85. The first kappa shape index (κ1) is 10.9. The average molecular weight is 202 g/mol. The maximum atomic E-state index is 10.9. The summed E-state index contributed by atoms with van der Waals surface area (Å²) in [4.78, 5) is 13.3. The predicted octanol–water partition coefficient (Wildman–Crippen LogP) is 1.54. The van der Waals surface area contributed by atoms with Gasteiger partial charge in [0.05, 0.1) is 0 Å². The number of piperidine rings is 1. The zero-order valence-electron chi connectivity index (χ0n) is 8.21. The fourth-order valence-corrected chi connectivity index (χ4v) is 1.82. The fraction of sp³-hybridized carbons (Fsp3) is 0.889. The summed E-state index contributed by atoms with van der Waals surface area (Å²) < 4.78 is 0. The third kappa shape index (κ3) is 4.52. The Kier molecular flexibility index (Phi) is 5.23. The molecule has 0 aromatic rings. The molecule has 0 saturated carbocycles. The monoisotopic (exact) mass is 202 g/mol. The van der Waals surface area contributed by atoms with Gasteiger partial charge in [-0.2, -0.15) is 0 Å². The van der Waals surface area contributed by atoms with Crippen LogP contribution >= 0.6 is 11.8 Å². The van der Waals surface area contributed by atoms with E-state index in [1.807, 2.05) is 0 Å². The van der Waals surface area contributed by atoms with Crippen LogP contribution in [-0.2, 0) is 0 Å². The van der Waals surface area contributed by atoms with E-state index in [9.17, 15) is 4.79 Å². The van der Waals surface area contributed by atoms with Crippen LogP contribution < -0.4 is 5.32 Å². The van der Waals surface area contributed by atoms with Crippen molar-refractivity contribution in [2.45, 2.75) is 19.3 Å². The highest BCUT2D eigenvalue weighted by atomic mass is 32.2. The third-order valence-electron chi connectivity index (χ3n) is 2.33. The summed E-state index contributed by atoms with van der Waals surface area (Å²) in [6.07, 6.45) is 5.80. The summed E-state index contributed by atoms with van der Waals surface area (Å²) in [6.45, 7) is 4.20. The van der Waals surface area contributed by atoms with Gasteiger partial charge >= 0.3 is 0 Å². The fourth-order valence-electron chi connectivity index (χ4n) is 1.57. The van der Waals surface area contributed by atoms with Crippen molar-refractivity contribution in [3.8, 4) is 0 Å². The van der Waals surface area contributed by atoms with Gasteiger partial charge in [0.25, 0.3) is 5.24 Å². The SMILES string of the molecule is CSC(=O)NCCN1CCCCC1. The molecule has 0 radical (unpaired) electrons. The number of hydrogen-bond acceptors (Lipinski definition) is 3. The van der Waals surface area contributed by atoms with Crippen molar-refractivity contribution in [1.82, 2.24) is 10.2 Å². The smallest absolute Gasteiger partial charge is 0.278 e. The second-order valence-electron chi connectivity index (χ2n) is 3.32. The van der Waals surface area contributed by atoms with E-state index in [1.165, 1.54) is 44.1 Å². The maximum absolute atomic E-state index is 10.9. The molecule has 0 aromatic heterocycles. The van der Waals surface area contributed by atoms with E-state index in [4.69, 9.17) is 0 Å². The van der Waals surface area contributed by atoms with E-state index in [-0.39, 0.29) is 5.24 Å². The van der Waals surface area contributed by atoms with Crippen molar-refractivity contribution < 1.29 is 4.79 Å². The van der Waals surface area contributed by atoms with Crippen molar-refractivity contribution in [3.63, 3.8) is 0 Å². The van der Waals surface area contributed by atoms with E-state index in [0.717, 1.165) is 13.1 Å². The minimum absolute atomic E-state index is 0.0806. The first-order chi connectivity index (χ1) is 6.33. The highest BCUT2D eigenvalue weighted by molar-refractivity contribution is 8.12. The number of carbonyl (C=O) groups is 1. The van der Waals surface area contributed by atoms with Gasteiger partial charge in [0.15, 0.2) is 0 Å². The predicted molar refractivity (Wildman–Crippen MR) is 57.2 cm³/mol. The first-order valence-corrected chi connectivity index (χ1v) is 6.09. The van der Waals surface area contributed by atoms with Crippen molar-refractivity contribution in [2.75, 3.05) is 32.4 Å². The molecule has 1 N–H and O–H groups in total. The van der Waals surface area contributed by atoms with E-state index < -0.39 is 0 Å². The lowest BCUT2D eigenvalue weighted by Crippen LogP contribution is -2.36. The molecule has 76 valence electrons. The Bertz CT molecular complexity index is 158. The van der Waals surface area contributed by atoms with Gasteiger partial charge in [-0.3, -0.25) is 4.79 Å². The molecule has 0 spiro atoms. The lowest BCUT2D eigenvalue weighted by Gasteiger charge is -2.26. The van der Waals surface area contributed by atoms with Crippen LogP contribution in [0.3, 0.4) is 0 Å². The van der Waals surface area contributed by atoms with E-state index in [1.54, 1.807) is 6.26 Å². The van der Waals surface area contributed by atoms with Gasteiger partial charge in [0.2, 0.25) is 0 Å². The Morgan fingerprint density at radius 3 is 2.69 bits per heavy atom. The van der Waals surface area contributed by atoms with Crippen LogP contribution in [0.25, 0.3) is 0 Å². The number of thioether (sulfide) groups is 1. The largest absolute Gasteiger partial charge is 0.346 e. The highest BCUT2D eigenvalue weighted by Crippen LogP contribution is 2.07. The summed E-state index contributed by atoms with van der Waals surface area (Å²) in [5.41, 5.74) is 0. The highest BCUT2D eigenvalue weighted by Gasteiger charge is 2.09. The summed E-state index contributed by atoms with van der Waals surface area (Å²) in [7, 11) is 0. The van der Waals surface area contributed by atoms with E-state index in [2.05, 4.69) is 10.2 Å². The van der Waals surface area contributed by atoms with Crippen molar-refractivity contribution in [1.29, 1.82) is 0 Å². The number of nitrogens with one attached hydrogen (secondary N) is 1. The Balaban J connectivity index is 2.01. The molecule has 13 heavy (non-hydrogen) atoms. The second kappa shape index (κ2) is 6.27. The van der Waals surface area contributed by atoms with Crippen LogP contribution in [0.2, 0.25) is 0 Å². The van der Waals surface area contributed by atoms with Crippen LogP contribution in [0.1, 0.15) is 19.3 Å². The quantitative estimate of drug-likeness (QED) is 0.753. The molecule has 4 heteroatoms. The Morgan fingerprint density at radius 1 is 1.38 bits per heavy atom. The number of carbonyl (C=O) groups excluding carboxylic acids is 1. The topological polar surface area (TPSA) is 32.3 Å². The standard InChI is InChI=1S/C9H18N2OS/c1-13-9(12)10-5-8-11-6-3-2-4-7-11/h2-8H2,1H3,(H,10,12). The number of nitrogens with zero attached hydrogens (tertiary/aromatic N) is 1. The molecule has 1 fully saturated rings. The second-order valence-corrected chi connectivity index (χ2v) is 4.10. The van der Waals surface area contributed by atoms with Gasteiger partial charge in [0, 0.05) is 13.1 Å². The normalized spacial score (nSPS) is 18.5. The average Bonchev–Trinajstić information content (AvgIpc) is 2.19. The van der Waals surface area contributed by atoms with Crippen LogP contribution in [-0.4, -0.2) is 42.6 Å². The zero-order valence-corrected chi connectivity index (χ0v) is 9.03. The number of amides is 1. The zero-order chi connectivity index (χ0) is 9.52. The summed E-state index contributed by atoms with van der Waals surface area (Å²) in [5, 5.41) is 2.94. The lowest BCUT2D eigenvalue weighted by atomic mass is 10.1. The van der Waals surface area contributed by atoms with Crippen LogP contribution in [0.5, 0.6) is 0 Å². The molecule has 1 aliphatic rings. The number of likely N-dealkylation sites (tertiary alicyclic amines) is 1. The molecule has 0 unspecified atom stereocenters. The summed E-state index contributed by atoms with van der Waals surface area (Å²) in [6, 6.07) is 0. The van der Waals surface area contributed by atoms with Gasteiger partial charge in [0.1, 0.15) is 0 Å². The van der Waals surface area contributed by atoms with Crippen LogP contribution in [0.15, 0.2) is 0 Å². The molecular weight excluding hydrogens is 184 g/mol. The molecule has 3 nitrogen and oxygen atoms in total. The Morgan fingerprint density at radius 2 is 2.08 bits per heavy atom. The van der Waals surface area contributed by atoms with E-state index in [0.29, 0.717) is 0 Å². The maximum Gasteiger partial charge on any atom is 0.278 e. The van der Waals surface area contributed by atoms with Crippen LogP contribution in [0, 0.1) is 0 Å². The van der Waals surface area contributed by atoms with E-state index >= 15 is 0 Å². The van der Waals surface area contributed by atoms with Gasteiger partial charge in [-0.25, -0.2) is 0 Å². The summed E-state index contributed by atoms with van der Waals surface area (Å²) >= 11 is 1.24. The van der Waals surface area contributed by atoms with Gasteiger partial charge < -0.3 is 10.2 Å². The number of hydrogen-bond donors (Lipinski definition) is 1. The molecule has 0 atom stereocenters. The Labute approximate surface area is 84.2 Å². The van der Waals surface area contributed by atoms with Crippen molar-refractivity contribution in [2.24, 2.45) is 0 Å². The first-order valence-electron chi connectivity index (χ1n) is 4.87. The lowest BCUT2D eigenvalue weighted by molar-refractivity contribution is 0.227. The Hall–Kier alpha value is -0.220. The minimum Gasteiger partial charge on any atom is -0.346 e. The molecule has 0 aromatic carbocycles. The molecule has 1 rings (SSSR count). The van der Waals surface area contributed by atoms with Crippen molar-refractivity contribution >= 4 is 17.0 Å². The molecule has 1 saturated heterocycles. The van der Waals surface area contributed by atoms with Gasteiger partial charge in [-0.05, 0) is 32.2 Å². The van der Waals surface area contributed by atoms with Crippen LogP contribution in [0.4, 0.5) is 4.79 Å². The van der Waals surface area contributed by atoms with Gasteiger partial charge in [-0.1, -0.05) is 18.2 Å². The van der Waals surface area contributed by atoms with Crippen molar-refractivity contribution in [3.05, 3.63) is 0 Å².